The molecule has 0 atom stereocenters. The van der Waals surface area contributed by atoms with E-state index < -0.39 is 0 Å². The van der Waals surface area contributed by atoms with E-state index in [0.29, 0.717) is 4.77 Å². The van der Waals surface area contributed by atoms with Crippen LogP contribution in [0, 0.1) is 4.77 Å². The van der Waals surface area contributed by atoms with Crippen LogP contribution in [0.3, 0.4) is 0 Å². The zero-order chi connectivity index (χ0) is 11.5. The molecule has 0 saturated carbocycles. The lowest BCUT2D eigenvalue weighted by atomic mass is 10.1. The van der Waals surface area contributed by atoms with Crippen LogP contribution < -0.4 is 9.47 Å². The summed E-state index contributed by atoms with van der Waals surface area (Å²) in [6, 6.07) is 5.63. The Balaban J connectivity index is 2.52. The minimum atomic E-state index is 0.591. The number of aromatic nitrogens is 2. The van der Waals surface area contributed by atoms with Crippen molar-refractivity contribution in [2.45, 2.75) is 0 Å². The quantitative estimate of drug-likeness (QED) is 0.806. The van der Waals surface area contributed by atoms with Gasteiger partial charge in [-0.1, -0.05) is 0 Å². The molecule has 0 unspecified atom stereocenters. The Morgan fingerprint density at radius 2 is 2.00 bits per heavy atom. The highest BCUT2D eigenvalue weighted by atomic mass is 32.1. The highest BCUT2D eigenvalue weighted by Gasteiger charge is 2.08. The van der Waals surface area contributed by atoms with Crippen LogP contribution in [0.1, 0.15) is 0 Å². The van der Waals surface area contributed by atoms with Gasteiger partial charge in [0.15, 0.2) is 4.77 Å². The van der Waals surface area contributed by atoms with Gasteiger partial charge < -0.3 is 19.4 Å². The van der Waals surface area contributed by atoms with Gasteiger partial charge in [0.2, 0.25) is 0 Å². The van der Waals surface area contributed by atoms with Crippen LogP contribution in [0.15, 0.2) is 24.4 Å². The van der Waals surface area contributed by atoms with Crippen molar-refractivity contribution in [3.05, 3.63) is 29.2 Å². The lowest BCUT2D eigenvalue weighted by Gasteiger charge is -2.08. The summed E-state index contributed by atoms with van der Waals surface area (Å²) in [5.41, 5.74) is 1.83. The molecule has 1 heterocycles. The second-order valence-corrected chi connectivity index (χ2v) is 3.63. The van der Waals surface area contributed by atoms with Crippen LogP contribution in [0.25, 0.3) is 11.3 Å². The Hall–Kier alpha value is -1.75. The highest BCUT2D eigenvalue weighted by molar-refractivity contribution is 7.71. The fourth-order valence-corrected chi connectivity index (χ4v) is 1.67. The van der Waals surface area contributed by atoms with E-state index in [-0.39, 0.29) is 0 Å². The minimum Gasteiger partial charge on any atom is -0.497 e. The van der Waals surface area contributed by atoms with Crippen molar-refractivity contribution < 1.29 is 9.47 Å². The predicted molar refractivity (Wildman–Crippen MR) is 64.5 cm³/mol. The van der Waals surface area contributed by atoms with Gasteiger partial charge in [-0.15, -0.1) is 0 Å². The Morgan fingerprint density at radius 1 is 1.19 bits per heavy atom. The van der Waals surface area contributed by atoms with Crippen molar-refractivity contribution in [1.82, 2.24) is 9.97 Å². The molecule has 4 nitrogen and oxygen atoms in total. The molecule has 1 aromatic heterocycles. The molecule has 1 aromatic carbocycles. The van der Waals surface area contributed by atoms with Crippen molar-refractivity contribution in [1.29, 1.82) is 0 Å². The van der Waals surface area contributed by atoms with Crippen LogP contribution in [-0.2, 0) is 0 Å². The molecule has 0 amide bonds. The second-order valence-electron chi connectivity index (χ2n) is 3.22. The smallest absolute Gasteiger partial charge is 0.174 e. The molecule has 84 valence electrons. The average Bonchev–Trinajstić information content (AvgIpc) is 2.74. The molecule has 0 fully saturated rings. The van der Waals surface area contributed by atoms with E-state index in [0.717, 1.165) is 22.8 Å². The molecule has 16 heavy (non-hydrogen) atoms. The number of hydrogen-bond donors (Lipinski definition) is 2. The topological polar surface area (TPSA) is 50.0 Å². The fourth-order valence-electron chi connectivity index (χ4n) is 1.50. The molecule has 0 aliphatic heterocycles. The number of rotatable bonds is 3. The lowest BCUT2D eigenvalue weighted by molar-refractivity contribution is 0.395. The third kappa shape index (κ3) is 1.94. The molecule has 0 saturated heterocycles. The molecule has 0 spiro atoms. The number of ether oxygens (including phenoxy) is 2. The maximum Gasteiger partial charge on any atom is 0.174 e. The molecular formula is C11H12N2O2S. The zero-order valence-corrected chi connectivity index (χ0v) is 9.85. The van der Waals surface area contributed by atoms with Crippen LogP contribution in [0.4, 0.5) is 0 Å². The van der Waals surface area contributed by atoms with Gasteiger partial charge in [-0.2, -0.15) is 0 Å². The van der Waals surface area contributed by atoms with Crippen molar-refractivity contribution in [3.8, 4) is 22.8 Å². The Labute approximate surface area is 98.2 Å². The number of imidazole rings is 1. The number of benzene rings is 1. The van der Waals surface area contributed by atoms with E-state index in [1.54, 1.807) is 14.2 Å². The fraction of sp³-hybridized carbons (Fsp3) is 0.182. The highest BCUT2D eigenvalue weighted by Crippen LogP contribution is 2.31. The number of nitrogens with one attached hydrogen (secondary N) is 2. The molecule has 0 radical (unpaired) electrons. The summed E-state index contributed by atoms with van der Waals surface area (Å²) in [4.78, 5) is 5.96. The maximum atomic E-state index is 5.30. The summed E-state index contributed by atoms with van der Waals surface area (Å²) in [6.07, 6.45) is 1.81. The van der Waals surface area contributed by atoms with Gasteiger partial charge in [0.25, 0.3) is 0 Å². The monoisotopic (exact) mass is 236 g/mol. The SMILES string of the molecule is COc1ccc(-c2c[nH]c(=S)[nH]2)c(OC)c1. The summed E-state index contributed by atoms with van der Waals surface area (Å²) in [5, 5.41) is 0. The standard InChI is InChI=1S/C11H12N2O2S/c1-14-7-3-4-8(10(5-7)15-2)9-6-12-11(16)13-9/h3-6H,1-2H3,(H2,12,13,16). The third-order valence-corrected chi connectivity index (χ3v) is 2.51. The van der Waals surface area contributed by atoms with E-state index >= 15 is 0 Å². The van der Waals surface area contributed by atoms with Gasteiger partial charge in [0.05, 0.1) is 19.9 Å². The molecule has 0 bridgehead atoms. The van der Waals surface area contributed by atoms with E-state index in [2.05, 4.69) is 9.97 Å². The lowest BCUT2D eigenvalue weighted by Crippen LogP contribution is -1.90. The molecule has 2 rings (SSSR count). The normalized spacial score (nSPS) is 10.1. The van der Waals surface area contributed by atoms with Gasteiger partial charge in [-0.25, -0.2) is 0 Å². The first-order chi connectivity index (χ1) is 7.74. The average molecular weight is 236 g/mol. The minimum absolute atomic E-state index is 0.591. The maximum absolute atomic E-state index is 5.30. The Kier molecular flexibility index (Phi) is 2.96. The predicted octanol–water partition coefficient (Wildman–Crippen LogP) is 2.76. The third-order valence-electron chi connectivity index (χ3n) is 2.29. The van der Waals surface area contributed by atoms with E-state index in [9.17, 15) is 0 Å². The van der Waals surface area contributed by atoms with Crippen LogP contribution in [-0.4, -0.2) is 24.2 Å². The largest absolute Gasteiger partial charge is 0.497 e. The van der Waals surface area contributed by atoms with E-state index in [4.69, 9.17) is 21.7 Å². The van der Waals surface area contributed by atoms with Gasteiger partial charge in [0, 0.05) is 17.8 Å². The molecule has 2 aromatic rings. The molecule has 5 heteroatoms. The first-order valence-corrected chi connectivity index (χ1v) is 5.15. The van der Waals surface area contributed by atoms with Gasteiger partial charge in [-0.05, 0) is 24.4 Å². The second kappa shape index (κ2) is 4.40. The van der Waals surface area contributed by atoms with Gasteiger partial charge in [0.1, 0.15) is 11.5 Å². The summed E-state index contributed by atoms with van der Waals surface area (Å²) in [7, 11) is 3.25. The van der Waals surface area contributed by atoms with Crippen LogP contribution in [0.2, 0.25) is 0 Å². The number of aromatic amines is 2. The van der Waals surface area contributed by atoms with Crippen molar-refractivity contribution in [2.24, 2.45) is 0 Å². The Bertz CT molecular complexity index is 545. The van der Waals surface area contributed by atoms with Crippen LogP contribution in [0.5, 0.6) is 11.5 Å². The van der Waals surface area contributed by atoms with Crippen molar-refractivity contribution in [3.63, 3.8) is 0 Å². The summed E-state index contributed by atoms with van der Waals surface area (Å²) < 4.78 is 11.0. The summed E-state index contributed by atoms with van der Waals surface area (Å²) in [5.74, 6) is 1.50. The summed E-state index contributed by atoms with van der Waals surface area (Å²) in [6.45, 7) is 0. The van der Waals surface area contributed by atoms with E-state index in [1.165, 1.54) is 0 Å². The summed E-state index contributed by atoms with van der Waals surface area (Å²) >= 11 is 4.98. The van der Waals surface area contributed by atoms with Crippen LogP contribution >= 0.6 is 12.2 Å². The molecular weight excluding hydrogens is 224 g/mol. The first kappa shape index (κ1) is 10.8. The first-order valence-electron chi connectivity index (χ1n) is 4.74. The van der Waals surface area contributed by atoms with Gasteiger partial charge in [-0.3, -0.25) is 0 Å². The number of methoxy groups -OCH3 is 2. The van der Waals surface area contributed by atoms with Crippen molar-refractivity contribution in [2.75, 3.05) is 14.2 Å². The molecule has 2 N–H and O–H groups in total. The van der Waals surface area contributed by atoms with Gasteiger partial charge >= 0.3 is 0 Å². The number of hydrogen-bond acceptors (Lipinski definition) is 3. The molecule has 0 aliphatic rings. The van der Waals surface area contributed by atoms with E-state index in [1.807, 2.05) is 24.4 Å². The van der Waals surface area contributed by atoms with Crippen molar-refractivity contribution >= 4 is 12.2 Å². The number of H-pyrrole nitrogens is 2. The zero-order valence-electron chi connectivity index (χ0n) is 9.03. The molecule has 0 aliphatic carbocycles. The Morgan fingerprint density at radius 3 is 2.56 bits per heavy atom.